The molecule has 5 heteroatoms. The maximum absolute atomic E-state index is 11.9. The summed E-state index contributed by atoms with van der Waals surface area (Å²) in [5.41, 5.74) is 0. The first-order valence-corrected chi connectivity index (χ1v) is 5.38. The van der Waals surface area contributed by atoms with Gasteiger partial charge in [-0.1, -0.05) is 0 Å². The van der Waals surface area contributed by atoms with Gasteiger partial charge in [0, 0.05) is 25.0 Å². The summed E-state index contributed by atoms with van der Waals surface area (Å²) in [5.74, 6) is 0.205. The van der Waals surface area contributed by atoms with E-state index in [0.717, 1.165) is 12.8 Å². The van der Waals surface area contributed by atoms with E-state index < -0.39 is 12.1 Å². The number of carboxylic acid groups (broad SMARTS) is 1. The van der Waals surface area contributed by atoms with E-state index in [0.29, 0.717) is 13.1 Å². The Hall–Kier alpha value is -1.10. The smallest absolute Gasteiger partial charge is 0.408 e. The normalized spacial score (nSPS) is 31.4. The molecule has 0 aromatic rings. The van der Waals surface area contributed by atoms with Crippen molar-refractivity contribution >= 4 is 11.9 Å². The van der Waals surface area contributed by atoms with Crippen LogP contribution in [0.25, 0.3) is 0 Å². The zero-order valence-corrected chi connectivity index (χ0v) is 8.77. The van der Waals surface area contributed by atoms with Crippen LogP contribution >= 0.6 is 0 Å². The van der Waals surface area contributed by atoms with Crippen LogP contribution < -0.4 is 5.32 Å². The molecule has 1 saturated heterocycles. The molecule has 84 valence electrons. The van der Waals surface area contributed by atoms with Gasteiger partial charge >= 0.3 is 6.09 Å². The van der Waals surface area contributed by atoms with Crippen LogP contribution in [-0.2, 0) is 4.79 Å². The summed E-state index contributed by atoms with van der Waals surface area (Å²) >= 11 is 0. The second-order valence-electron chi connectivity index (χ2n) is 4.34. The zero-order valence-electron chi connectivity index (χ0n) is 8.77. The summed E-state index contributed by atoms with van der Waals surface area (Å²) in [6, 6.07) is -0.549. The summed E-state index contributed by atoms with van der Waals surface area (Å²) in [4.78, 5) is 24.2. The van der Waals surface area contributed by atoms with Crippen molar-refractivity contribution in [1.29, 1.82) is 0 Å². The molecular formula is C10H16N2O3. The highest BCUT2D eigenvalue weighted by Crippen LogP contribution is 2.33. The van der Waals surface area contributed by atoms with E-state index >= 15 is 0 Å². The number of amides is 1. The van der Waals surface area contributed by atoms with Crippen LogP contribution in [0, 0.1) is 5.92 Å². The van der Waals surface area contributed by atoms with Gasteiger partial charge in [-0.3, -0.25) is 9.69 Å². The first-order valence-electron chi connectivity index (χ1n) is 5.38. The number of carbonyl (C=O) groups excluding carboxylic acids is 1. The predicted octanol–water partition coefficient (Wildman–Crippen LogP) is 0.306. The van der Waals surface area contributed by atoms with Gasteiger partial charge in [0.2, 0.25) is 0 Å². The van der Waals surface area contributed by atoms with Crippen LogP contribution in [0.15, 0.2) is 0 Å². The Morgan fingerprint density at radius 2 is 2.07 bits per heavy atom. The van der Waals surface area contributed by atoms with Crippen LogP contribution in [-0.4, -0.2) is 47.1 Å². The molecule has 0 spiro atoms. The molecule has 1 aliphatic carbocycles. The minimum absolute atomic E-state index is 0.0667. The summed E-state index contributed by atoms with van der Waals surface area (Å²) in [5, 5.41) is 12.2. The van der Waals surface area contributed by atoms with Crippen LogP contribution in [0.2, 0.25) is 0 Å². The SMILES string of the molecule is CC1NCCN(C(=O)O)C1C(=O)C1CC1. The number of nitrogens with one attached hydrogen (secondary N) is 1. The second kappa shape index (κ2) is 3.81. The lowest BCUT2D eigenvalue weighted by Gasteiger charge is -2.37. The fourth-order valence-electron chi connectivity index (χ4n) is 2.16. The number of hydrogen-bond donors (Lipinski definition) is 2. The standard InChI is InChI=1S/C10H16N2O3/c1-6-8(9(13)7-2-3-7)12(10(14)15)5-4-11-6/h6-8,11H,2-5H2,1H3,(H,14,15). The Morgan fingerprint density at radius 3 is 2.60 bits per heavy atom. The molecule has 0 bridgehead atoms. The molecule has 2 fully saturated rings. The summed E-state index contributed by atoms with van der Waals surface area (Å²) in [6.45, 7) is 2.91. The number of carbonyl (C=O) groups is 2. The maximum Gasteiger partial charge on any atom is 0.408 e. The van der Waals surface area contributed by atoms with Gasteiger partial charge < -0.3 is 10.4 Å². The van der Waals surface area contributed by atoms with Gasteiger partial charge in [0.15, 0.2) is 5.78 Å². The third-order valence-electron chi connectivity index (χ3n) is 3.15. The molecule has 2 rings (SSSR count). The lowest BCUT2D eigenvalue weighted by Crippen LogP contribution is -2.61. The van der Waals surface area contributed by atoms with E-state index in [2.05, 4.69) is 5.32 Å². The van der Waals surface area contributed by atoms with Gasteiger partial charge in [-0.15, -0.1) is 0 Å². The van der Waals surface area contributed by atoms with Gasteiger partial charge in [-0.25, -0.2) is 4.79 Å². The number of Topliss-reactive ketones (excluding diaryl/α,β-unsaturated/α-hetero) is 1. The van der Waals surface area contributed by atoms with E-state index in [9.17, 15) is 9.59 Å². The van der Waals surface area contributed by atoms with Crippen LogP contribution in [0.4, 0.5) is 4.79 Å². The minimum Gasteiger partial charge on any atom is -0.465 e. The quantitative estimate of drug-likeness (QED) is 0.691. The van der Waals surface area contributed by atoms with Gasteiger partial charge in [0.25, 0.3) is 0 Å². The average molecular weight is 212 g/mol. The molecule has 1 heterocycles. The Morgan fingerprint density at radius 1 is 1.40 bits per heavy atom. The maximum atomic E-state index is 11.9. The number of nitrogens with zero attached hydrogens (tertiary/aromatic N) is 1. The summed E-state index contributed by atoms with van der Waals surface area (Å²) in [6.07, 6.45) is 0.868. The highest BCUT2D eigenvalue weighted by atomic mass is 16.4. The van der Waals surface area contributed by atoms with Crippen molar-refractivity contribution < 1.29 is 14.7 Å². The molecule has 1 amide bonds. The van der Waals surface area contributed by atoms with Gasteiger partial charge in [0.1, 0.15) is 6.04 Å². The highest BCUT2D eigenvalue weighted by molar-refractivity contribution is 5.91. The van der Waals surface area contributed by atoms with Crippen LogP contribution in [0.3, 0.4) is 0 Å². The molecule has 2 N–H and O–H groups in total. The Labute approximate surface area is 88.4 Å². The van der Waals surface area contributed by atoms with Crippen molar-refractivity contribution in [2.75, 3.05) is 13.1 Å². The number of rotatable bonds is 2. The number of piperazine rings is 1. The minimum atomic E-state index is -0.984. The lowest BCUT2D eigenvalue weighted by atomic mass is 9.98. The third kappa shape index (κ3) is 1.97. The van der Waals surface area contributed by atoms with Gasteiger partial charge in [-0.05, 0) is 19.8 Å². The Balaban J connectivity index is 2.13. The predicted molar refractivity (Wildman–Crippen MR) is 53.7 cm³/mol. The first-order chi connectivity index (χ1) is 7.11. The molecule has 2 atom stereocenters. The Bertz CT molecular complexity index is 288. The largest absolute Gasteiger partial charge is 0.465 e. The van der Waals surface area contributed by atoms with E-state index in [1.807, 2.05) is 6.92 Å². The summed E-state index contributed by atoms with van der Waals surface area (Å²) in [7, 11) is 0. The van der Waals surface area contributed by atoms with E-state index in [1.165, 1.54) is 4.90 Å². The van der Waals surface area contributed by atoms with Crippen molar-refractivity contribution in [1.82, 2.24) is 10.2 Å². The molecule has 2 unspecified atom stereocenters. The van der Waals surface area contributed by atoms with E-state index in [-0.39, 0.29) is 17.7 Å². The molecule has 2 aliphatic rings. The fourth-order valence-corrected chi connectivity index (χ4v) is 2.16. The molecule has 0 aromatic carbocycles. The molecule has 0 aromatic heterocycles. The molecule has 5 nitrogen and oxygen atoms in total. The molecule has 15 heavy (non-hydrogen) atoms. The van der Waals surface area contributed by atoms with Crippen LogP contribution in [0.5, 0.6) is 0 Å². The van der Waals surface area contributed by atoms with Crippen molar-refractivity contribution in [3.8, 4) is 0 Å². The molecule has 0 radical (unpaired) electrons. The van der Waals surface area contributed by atoms with Crippen molar-refractivity contribution in [2.45, 2.75) is 31.8 Å². The number of ketones is 1. The number of hydrogen-bond acceptors (Lipinski definition) is 3. The van der Waals surface area contributed by atoms with Crippen molar-refractivity contribution in [2.24, 2.45) is 5.92 Å². The first kappa shape index (κ1) is 10.4. The van der Waals surface area contributed by atoms with E-state index in [1.54, 1.807) is 0 Å². The molecule has 1 aliphatic heterocycles. The second-order valence-corrected chi connectivity index (χ2v) is 4.34. The van der Waals surface area contributed by atoms with Crippen molar-refractivity contribution in [3.63, 3.8) is 0 Å². The fraction of sp³-hybridized carbons (Fsp3) is 0.800. The average Bonchev–Trinajstić information content (AvgIpc) is 2.99. The van der Waals surface area contributed by atoms with Gasteiger partial charge in [-0.2, -0.15) is 0 Å². The topological polar surface area (TPSA) is 69.6 Å². The zero-order chi connectivity index (χ0) is 11.0. The monoisotopic (exact) mass is 212 g/mol. The third-order valence-corrected chi connectivity index (χ3v) is 3.15. The molecular weight excluding hydrogens is 196 g/mol. The van der Waals surface area contributed by atoms with Gasteiger partial charge in [0.05, 0.1) is 0 Å². The van der Waals surface area contributed by atoms with E-state index in [4.69, 9.17) is 5.11 Å². The molecule has 1 saturated carbocycles. The van der Waals surface area contributed by atoms with Crippen LogP contribution in [0.1, 0.15) is 19.8 Å². The van der Waals surface area contributed by atoms with Crippen molar-refractivity contribution in [3.05, 3.63) is 0 Å². The Kier molecular flexibility index (Phi) is 2.65. The summed E-state index contributed by atoms with van der Waals surface area (Å²) < 4.78 is 0. The highest BCUT2D eigenvalue weighted by Gasteiger charge is 2.43. The lowest BCUT2D eigenvalue weighted by molar-refractivity contribution is -0.126.